The molecule has 1 N–H and O–H groups in total. The average molecular weight is 273 g/mol. The molecule has 110 valence electrons. The Morgan fingerprint density at radius 2 is 1.80 bits per heavy atom. The van der Waals surface area contributed by atoms with Crippen LogP contribution in [0.5, 0.6) is 0 Å². The monoisotopic (exact) mass is 273 g/mol. The Morgan fingerprint density at radius 1 is 1.10 bits per heavy atom. The highest BCUT2D eigenvalue weighted by molar-refractivity contribution is 5.24. The molecule has 0 radical (unpaired) electrons. The highest BCUT2D eigenvalue weighted by atomic mass is 16.3. The number of nitrogens with zero attached hydrogens (tertiary/aromatic N) is 1. The molecule has 1 saturated carbocycles. The molecule has 2 heteroatoms. The molecule has 2 nitrogen and oxygen atoms in total. The zero-order chi connectivity index (χ0) is 14.0. The molecule has 0 spiro atoms. The van der Waals surface area contributed by atoms with Gasteiger partial charge in [0.15, 0.2) is 0 Å². The zero-order valence-corrected chi connectivity index (χ0v) is 12.6. The van der Waals surface area contributed by atoms with Crippen LogP contribution in [-0.2, 0) is 5.60 Å². The summed E-state index contributed by atoms with van der Waals surface area (Å²) in [6.07, 6.45) is 7.77. The summed E-state index contributed by atoms with van der Waals surface area (Å²) in [5.74, 6) is 0.306. The maximum Gasteiger partial charge on any atom is 0.0946 e. The van der Waals surface area contributed by atoms with Crippen LogP contribution in [0.3, 0.4) is 0 Å². The van der Waals surface area contributed by atoms with Gasteiger partial charge in [0, 0.05) is 25.0 Å². The molecule has 1 aliphatic carbocycles. The van der Waals surface area contributed by atoms with Crippen molar-refractivity contribution in [2.24, 2.45) is 5.92 Å². The Morgan fingerprint density at radius 3 is 2.45 bits per heavy atom. The first kappa shape index (κ1) is 14.1. The third-order valence-corrected chi connectivity index (χ3v) is 5.47. The molecule has 0 aromatic heterocycles. The maximum absolute atomic E-state index is 11.1. The van der Waals surface area contributed by atoms with Crippen LogP contribution in [0.1, 0.15) is 51.0 Å². The van der Waals surface area contributed by atoms with Crippen molar-refractivity contribution in [1.82, 2.24) is 4.90 Å². The van der Waals surface area contributed by atoms with Gasteiger partial charge in [-0.2, -0.15) is 0 Å². The third-order valence-electron chi connectivity index (χ3n) is 5.47. The van der Waals surface area contributed by atoms with E-state index in [-0.39, 0.29) is 0 Å². The number of hydrogen-bond acceptors (Lipinski definition) is 2. The SMILES string of the molecule is C[C@H]1CN(C2CCCCC2)CC[C@@]1(O)c1ccccc1. The van der Waals surface area contributed by atoms with Crippen LogP contribution in [0.4, 0.5) is 0 Å². The Labute approximate surface area is 122 Å². The second-order valence-corrected chi connectivity index (χ2v) is 6.73. The first-order chi connectivity index (χ1) is 9.70. The van der Waals surface area contributed by atoms with E-state index in [1.807, 2.05) is 18.2 Å². The van der Waals surface area contributed by atoms with Gasteiger partial charge in [0.25, 0.3) is 0 Å². The number of aliphatic hydroxyl groups is 1. The van der Waals surface area contributed by atoms with Gasteiger partial charge in [0.2, 0.25) is 0 Å². The normalized spacial score (nSPS) is 33.2. The van der Waals surface area contributed by atoms with E-state index in [0.717, 1.165) is 31.1 Å². The van der Waals surface area contributed by atoms with E-state index in [4.69, 9.17) is 0 Å². The third kappa shape index (κ3) is 2.64. The summed E-state index contributed by atoms with van der Waals surface area (Å²) in [6, 6.07) is 11.0. The number of rotatable bonds is 2. The molecule has 1 saturated heterocycles. The molecule has 0 bridgehead atoms. The molecule has 0 amide bonds. The van der Waals surface area contributed by atoms with E-state index >= 15 is 0 Å². The second-order valence-electron chi connectivity index (χ2n) is 6.73. The van der Waals surface area contributed by atoms with Crippen molar-refractivity contribution in [1.29, 1.82) is 0 Å². The molecule has 1 aliphatic heterocycles. The molecule has 2 atom stereocenters. The predicted octanol–water partition coefficient (Wildman–Crippen LogP) is 3.55. The van der Waals surface area contributed by atoms with Crippen molar-refractivity contribution in [3.63, 3.8) is 0 Å². The van der Waals surface area contributed by atoms with Crippen LogP contribution in [-0.4, -0.2) is 29.1 Å². The van der Waals surface area contributed by atoms with Gasteiger partial charge in [-0.15, -0.1) is 0 Å². The molecule has 0 unspecified atom stereocenters. The molecule has 1 aromatic carbocycles. The van der Waals surface area contributed by atoms with Crippen molar-refractivity contribution in [2.75, 3.05) is 13.1 Å². The highest BCUT2D eigenvalue weighted by Gasteiger charge is 2.41. The van der Waals surface area contributed by atoms with Gasteiger partial charge < -0.3 is 5.11 Å². The fraction of sp³-hybridized carbons (Fsp3) is 0.667. The van der Waals surface area contributed by atoms with Crippen molar-refractivity contribution in [3.8, 4) is 0 Å². The fourth-order valence-corrected chi connectivity index (χ4v) is 4.09. The van der Waals surface area contributed by atoms with Crippen molar-refractivity contribution in [3.05, 3.63) is 35.9 Å². The molecule has 1 aromatic rings. The van der Waals surface area contributed by atoms with E-state index in [2.05, 4.69) is 24.0 Å². The molecule has 2 fully saturated rings. The van der Waals surface area contributed by atoms with Gasteiger partial charge in [0.1, 0.15) is 0 Å². The number of piperidine rings is 1. The molecule has 1 heterocycles. The minimum Gasteiger partial charge on any atom is -0.385 e. The van der Waals surface area contributed by atoms with E-state index in [0.29, 0.717) is 5.92 Å². The summed E-state index contributed by atoms with van der Waals surface area (Å²) < 4.78 is 0. The van der Waals surface area contributed by atoms with Crippen LogP contribution in [0, 0.1) is 5.92 Å². The van der Waals surface area contributed by atoms with Crippen LogP contribution in [0.2, 0.25) is 0 Å². The minimum absolute atomic E-state index is 0.306. The zero-order valence-electron chi connectivity index (χ0n) is 12.6. The molecular weight excluding hydrogens is 246 g/mol. The summed E-state index contributed by atoms with van der Waals surface area (Å²) in [6.45, 7) is 4.29. The first-order valence-electron chi connectivity index (χ1n) is 8.22. The van der Waals surface area contributed by atoms with Gasteiger partial charge in [-0.25, -0.2) is 0 Å². The lowest BCUT2D eigenvalue weighted by molar-refractivity contribution is -0.0822. The standard InChI is InChI=1S/C18H27NO/c1-15-14-19(17-10-6-3-7-11-17)13-12-18(15,20)16-8-4-2-5-9-16/h2,4-5,8-9,15,17,20H,3,6-7,10-14H2,1H3/t15-,18-/m0/s1. The quantitative estimate of drug-likeness (QED) is 0.891. The van der Waals surface area contributed by atoms with Gasteiger partial charge in [0.05, 0.1) is 5.60 Å². The second kappa shape index (κ2) is 5.87. The topological polar surface area (TPSA) is 23.5 Å². The smallest absolute Gasteiger partial charge is 0.0946 e. The largest absolute Gasteiger partial charge is 0.385 e. The first-order valence-corrected chi connectivity index (χ1v) is 8.22. The Balaban J connectivity index is 1.70. The Hall–Kier alpha value is -0.860. The van der Waals surface area contributed by atoms with Gasteiger partial charge in [-0.05, 0) is 24.8 Å². The predicted molar refractivity (Wildman–Crippen MR) is 82.6 cm³/mol. The molecular formula is C18H27NO. The van der Waals surface area contributed by atoms with Gasteiger partial charge in [-0.1, -0.05) is 56.5 Å². The summed E-state index contributed by atoms with van der Waals surface area (Å²) >= 11 is 0. The van der Waals surface area contributed by atoms with Crippen molar-refractivity contribution >= 4 is 0 Å². The summed E-state index contributed by atoms with van der Waals surface area (Å²) in [5, 5.41) is 11.1. The maximum atomic E-state index is 11.1. The van der Waals surface area contributed by atoms with Crippen LogP contribution in [0.25, 0.3) is 0 Å². The summed E-state index contributed by atoms with van der Waals surface area (Å²) in [7, 11) is 0. The van der Waals surface area contributed by atoms with E-state index in [1.165, 1.54) is 32.1 Å². The van der Waals surface area contributed by atoms with E-state index in [9.17, 15) is 5.11 Å². The molecule has 2 aliphatic rings. The molecule has 3 rings (SSSR count). The van der Waals surface area contributed by atoms with Crippen LogP contribution < -0.4 is 0 Å². The fourth-order valence-electron chi connectivity index (χ4n) is 4.09. The summed E-state index contributed by atoms with van der Waals surface area (Å²) in [4.78, 5) is 2.64. The Kier molecular flexibility index (Phi) is 4.13. The number of likely N-dealkylation sites (tertiary alicyclic amines) is 1. The van der Waals surface area contributed by atoms with E-state index < -0.39 is 5.60 Å². The number of benzene rings is 1. The molecule has 20 heavy (non-hydrogen) atoms. The summed E-state index contributed by atoms with van der Waals surface area (Å²) in [5.41, 5.74) is 0.461. The van der Waals surface area contributed by atoms with Gasteiger partial charge in [-0.3, -0.25) is 4.90 Å². The lowest BCUT2D eigenvalue weighted by atomic mass is 9.76. The number of hydrogen-bond donors (Lipinski definition) is 1. The average Bonchev–Trinajstić information content (AvgIpc) is 2.52. The van der Waals surface area contributed by atoms with Crippen molar-refractivity contribution in [2.45, 2.75) is 57.1 Å². The van der Waals surface area contributed by atoms with Crippen LogP contribution in [0.15, 0.2) is 30.3 Å². The lowest BCUT2D eigenvalue weighted by Gasteiger charge is -2.47. The van der Waals surface area contributed by atoms with Crippen molar-refractivity contribution < 1.29 is 5.11 Å². The Bertz CT molecular complexity index is 426. The van der Waals surface area contributed by atoms with Crippen LogP contribution >= 0.6 is 0 Å². The lowest BCUT2D eigenvalue weighted by Crippen LogP contribution is -2.52. The van der Waals surface area contributed by atoms with Gasteiger partial charge >= 0.3 is 0 Å². The highest BCUT2D eigenvalue weighted by Crippen LogP contribution is 2.39. The van der Waals surface area contributed by atoms with E-state index in [1.54, 1.807) is 0 Å². The minimum atomic E-state index is -0.633.